The molecule has 0 amide bonds. The van der Waals surface area contributed by atoms with Crippen LogP contribution in [0, 0.1) is 5.82 Å². The standard InChI is InChI=1S/C15H10FNO3.C2H6/c16-12-4-1-9(2-5-12)10-3-6-13-11(7-10)8-20-17-14(13)15(18)19;1-2/h1-7H,8H2,(H,18,19);1-2H3. The van der Waals surface area contributed by atoms with E-state index in [0.717, 1.165) is 16.7 Å². The highest BCUT2D eigenvalue weighted by atomic mass is 19.1. The number of benzene rings is 2. The Kier molecular flexibility index (Phi) is 4.88. The zero-order valence-corrected chi connectivity index (χ0v) is 12.3. The lowest BCUT2D eigenvalue weighted by atomic mass is 9.96. The average molecular weight is 301 g/mol. The quantitative estimate of drug-likeness (QED) is 0.917. The minimum Gasteiger partial charge on any atom is -0.476 e. The number of halogens is 1. The highest BCUT2D eigenvalue weighted by Gasteiger charge is 2.21. The van der Waals surface area contributed by atoms with Crippen LogP contribution >= 0.6 is 0 Å². The second kappa shape index (κ2) is 6.85. The largest absolute Gasteiger partial charge is 0.476 e. The summed E-state index contributed by atoms with van der Waals surface area (Å²) in [5, 5.41) is 12.6. The molecule has 0 aromatic heterocycles. The van der Waals surface area contributed by atoms with Crippen molar-refractivity contribution in [2.45, 2.75) is 20.5 Å². The van der Waals surface area contributed by atoms with E-state index in [-0.39, 0.29) is 18.1 Å². The molecule has 5 heteroatoms. The van der Waals surface area contributed by atoms with Crippen molar-refractivity contribution in [2.75, 3.05) is 0 Å². The van der Waals surface area contributed by atoms with Gasteiger partial charge in [-0.3, -0.25) is 0 Å². The molecule has 0 radical (unpaired) electrons. The van der Waals surface area contributed by atoms with Gasteiger partial charge >= 0.3 is 5.97 Å². The van der Waals surface area contributed by atoms with Gasteiger partial charge in [0.05, 0.1) is 0 Å². The molecule has 1 heterocycles. The number of carboxylic acid groups (broad SMARTS) is 1. The van der Waals surface area contributed by atoms with Crippen molar-refractivity contribution < 1.29 is 19.1 Å². The Morgan fingerprint density at radius 2 is 1.77 bits per heavy atom. The van der Waals surface area contributed by atoms with E-state index < -0.39 is 5.97 Å². The molecule has 1 aliphatic rings. The van der Waals surface area contributed by atoms with E-state index in [1.54, 1.807) is 24.3 Å². The van der Waals surface area contributed by atoms with E-state index in [4.69, 9.17) is 9.94 Å². The predicted octanol–water partition coefficient (Wildman–Crippen LogP) is 3.84. The van der Waals surface area contributed by atoms with Crippen LogP contribution in [0.5, 0.6) is 0 Å². The Bertz CT molecular complexity index is 708. The second-order valence-electron chi connectivity index (χ2n) is 4.40. The summed E-state index contributed by atoms with van der Waals surface area (Å²) >= 11 is 0. The van der Waals surface area contributed by atoms with Gasteiger partial charge in [0.15, 0.2) is 5.71 Å². The van der Waals surface area contributed by atoms with Crippen molar-refractivity contribution in [2.24, 2.45) is 5.16 Å². The topological polar surface area (TPSA) is 58.9 Å². The Morgan fingerprint density at radius 1 is 1.14 bits per heavy atom. The molecule has 114 valence electrons. The van der Waals surface area contributed by atoms with Gasteiger partial charge in [0.2, 0.25) is 0 Å². The first-order chi connectivity index (χ1) is 10.6. The first-order valence-corrected chi connectivity index (χ1v) is 6.97. The van der Waals surface area contributed by atoms with Crippen LogP contribution in [-0.4, -0.2) is 16.8 Å². The van der Waals surface area contributed by atoms with Crippen LogP contribution in [0.4, 0.5) is 4.39 Å². The average Bonchev–Trinajstić information content (AvgIpc) is 2.56. The van der Waals surface area contributed by atoms with E-state index in [0.29, 0.717) is 5.56 Å². The zero-order valence-electron chi connectivity index (χ0n) is 12.3. The Labute approximate surface area is 127 Å². The molecule has 4 nitrogen and oxygen atoms in total. The lowest BCUT2D eigenvalue weighted by molar-refractivity contribution is -0.129. The highest BCUT2D eigenvalue weighted by molar-refractivity contribution is 6.42. The van der Waals surface area contributed by atoms with E-state index in [1.165, 1.54) is 12.1 Å². The maximum Gasteiger partial charge on any atom is 0.358 e. The van der Waals surface area contributed by atoms with Gasteiger partial charge in [-0.05, 0) is 29.3 Å². The number of carbonyl (C=O) groups is 1. The number of aliphatic carboxylic acids is 1. The van der Waals surface area contributed by atoms with Crippen molar-refractivity contribution in [3.05, 3.63) is 59.4 Å². The van der Waals surface area contributed by atoms with Crippen LogP contribution in [0.25, 0.3) is 11.1 Å². The third kappa shape index (κ3) is 3.14. The summed E-state index contributed by atoms with van der Waals surface area (Å²) in [5.74, 6) is -1.42. The number of fused-ring (bicyclic) bond motifs is 1. The number of oxime groups is 1. The van der Waals surface area contributed by atoms with Crippen LogP contribution in [0.1, 0.15) is 25.0 Å². The summed E-state index contributed by atoms with van der Waals surface area (Å²) in [6, 6.07) is 11.4. The predicted molar refractivity (Wildman–Crippen MR) is 82.1 cm³/mol. The molecular formula is C17H16FNO3. The summed E-state index contributed by atoms with van der Waals surface area (Å²) in [7, 11) is 0. The zero-order chi connectivity index (χ0) is 16.1. The summed E-state index contributed by atoms with van der Waals surface area (Å²) in [5.41, 5.74) is 2.93. The van der Waals surface area contributed by atoms with Gasteiger partial charge < -0.3 is 9.94 Å². The molecule has 0 aliphatic carbocycles. The summed E-state index contributed by atoms with van der Waals surface area (Å²) in [4.78, 5) is 16.0. The molecule has 2 aromatic rings. The molecule has 0 atom stereocenters. The Morgan fingerprint density at radius 3 is 2.41 bits per heavy atom. The third-order valence-electron chi connectivity index (χ3n) is 3.12. The molecule has 1 aliphatic heterocycles. The van der Waals surface area contributed by atoms with Gasteiger partial charge in [-0.15, -0.1) is 0 Å². The maximum absolute atomic E-state index is 12.9. The van der Waals surface area contributed by atoms with Crippen LogP contribution in [0.2, 0.25) is 0 Å². The van der Waals surface area contributed by atoms with Gasteiger partial charge in [-0.2, -0.15) is 0 Å². The van der Waals surface area contributed by atoms with Crippen LogP contribution in [0.3, 0.4) is 0 Å². The van der Waals surface area contributed by atoms with Crippen molar-refractivity contribution in [3.8, 4) is 11.1 Å². The molecule has 0 fully saturated rings. The first kappa shape index (κ1) is 15.7. The monoisotopic (exact) mass is 301 g/mol. The SMILES string of the molecule is CC.O=C(O)C1=NOCc2cc(-c3ccc(F)cc3)ccc21. The normalized spacial score (nSPS) is 12.2. The van der Waals surface area contributed by atoms with Crippen LogP contribution < -0.4 is 0 Å². The summed E-state index contributed by atoms with van der Waals surface area (Å²) < 4.78 is 12.9. The number of carboxylic acids is 1. The molecule has 1 N–H and O–H groups in total. The lowest BCUT2D eigenvalue weighted by Crippen LogP contribution is -2.20. The molecule has 0 unspecified atom stereocenters. The van der Waals surface area contributed by atoms with Gasteiger partial charge in [0, 0.05) is 11.1 Å². The van der Waals surface area contributed by atoms with Gasteiger partial charge in [0.1, 0.15) is 12.4 Å². The van der Waals surface area contributed by atoms with Crippen LogP contribution in [0.15, 0.2) is 47.6 Å². The lowest BCUT2D eigenvalue weighted by Gasteiger charge is -2.15. The van der Waals surface area contributed by atoms with E-state index in [9.17, 15) is 9.18 Å². The van der Waals surface area contributed by atoms with Crippen molar-refractivity contribution in [1.82, 2.24) is 0 Å². The Balaban J connectivity index is 0.000000847. The number of rotatable bonds is 2. The fourth-order valence-corrected chi connectivity index (χ4v) is 2.14. The maximum atomic E-state index is 12.9. The van der Waals surface area contributed by atoms with Gasteiger partial charge in [0.25, 0.3) is 0 Å². The third-order valence-corrected chi connectivity index (χ3v) is 3.12. The highest BCUT2D eigenvalue weighted by Crippen LogP contribution is 2.25. The summed E-state index contributed by atoms with van der Waals surface area (Å²) in [6.45, 7) is 4.22. The molecule has 2 aromatic carbocycles. The van der Waals surface area contributed by atoms with E-state index >= 15 is 0 Å². The minimum absolute atomic E-state index is 0.100. The fraction of sp³-hybridized carbons (Fsp3) is 0.176. The van der Waals surface area contributed by atoms with Crippen LogP contribution in [-0.2, 0) is 16.2 Å². The number of hydrogen-bond donors (Lipinski definition) is 1. The Hall–Kier alpha value is -2.69. The second-order valence-corrected chi connectivity index (χ2v) is 4.40. The molecule has 0 saturated heterocycles. The smallest absolute Gasteiger partial charge is 0.358 e. The van der Waals surface area contributed by atoms with Gasteiger partial charge in [-0.1, -0.05) is 43.3 Å². The van der Waals surface area contributed by atoms with E-state index in [1.807, 2.05) is 19.9 Å². The van der Waals surface area contributed by atoms with Crippen molar-refractivity contribution >= 4 is 11.7 Å². The van der Waals surface area contributed by atoms with Gasteiger partial charge in [-0.25, -0.2) is 9.18 Å². The molecule has 0 bridgehead atoms. The number of nitrogens with zero attached hydrogens (tertiary/aromatic N) is 1. The molecule has 22 heavy (non-hydrogen) atoms. The minimum atomic E-state index is -1.12. The molecular weight excluding hydrogens is 285 g/mol. The van der Waals surface area contributed by atoms with E-state index in [2.05, 4.69) is 5.16 Å². The fourth-order valence-electron chi connectivity index (χ4n) is 2.14. The molecule has 0 spiro atoms. The van der Waals surface area contributed by atoms with Crippen molar-refractivity contribution in [1.29, 1.82) is 0 Å². The first-order valence-electron chi connectivity index (χ1n) is 6.97. The molecule has 0 saturated carbocycles. The van der Waals surface area contributed by atoms with Crippen molar-refractivity contribution in [3.63, 3.8) is 0 Å². The number of hydrogen-bond acceptors (Lipinski definition) is 3. The summed E-state index contributed by atoms with van der Waals surface area (Å²) in [6.07, 6.45) is 0. The molecule has 3 rings (SSSR count).